The molecule has 0 aliphatic rings. The van der Waals surface area contributed by atoms with E-state index >= 15 is 0 Å². The van der Waals surface area contributed by atoms with Crippen molar-refractivity contribution in [3.8, 4) is 5.75 Å². The lowest BCUT2D eigenvalue weighted by molar-refractivity contribution is -0.274. The number of rotatable bonds is 7. The maximum atomic E-state index is 12.2. The van der Waals surface area contributed by atoms with Crippen molar-refractivity contribution in [2.24, 2.45) is 0 Å². The molecule has 2 aromatic rings. The Kier molecular flexibility index (Phi) is 6.41. The topological polar surface area (TPSA) is 41.6 Å². The third-order valence-corrected chi connectivity index (χ3v) is 3.46. The quantitative estimate of drug-likeness (QED) is 0.831. The second kappa shape index (κ2) is 8.53. The molecule has 1 N–H and O–H groups in total. The number of amides is 1. The number of nitrogens with zero attached hydrogens (tertiary/aromatic N) is 1. The lowest BCUT2D eigenvalue weighted by Crippen LogP contribution is -2.34. The van der Waals surface area contributed by atoms with Crippen molar-refractivity contribution in [3.05, 3.63) is 65.7 Å². The predicted octanol–water partition coefficient (Wildman–Crippen LogP) is 3.33. The lowest BCUT2D eigenvalue weighted by Gasteiger charge is -2.22. The highest BCUT2D eigenvalue weighted by Gasteiger charge is 2.30. The van der Waals surface area contributed by atoms with Crippen LogP contribution < -0.4 is 10.1 Å². The molecule has 134 valence electrons. The predicted molar refractivity (Wildman–Crippen MR) is 87.7 cm³/mol. The van der Waals surface area contributed by atoms with Crippen molar-refractivity contribution in [1.82, 2.24) is 10.2 Å². The van der Waals surface area contributed by atoms with Gasteiger partial charge in [-0.2, -0.15) is 0 Å². The molecule has 0 saturated carbocycles. The van der Waals surface area contributed by atoms with Gasteiger partial charge >= 0.3 is 6.36 Å². The summed E-state index contributed by atoms with van der Waals surface area (Å²) in [6.45, 7) is 1.16. The van der Waals surface area contributed by atoms with Crippen LogP contribution in [0.3, 0.4) is 0 Å². The molecule has 25 heavy (non-hydrogen) atoms. The van der Waals surface area contributed by atoms with Gasteiger partial charge in [-0.25, -0.2) is 0 Å². The zero-order chi connectivity index (χ0) is 18.3. The number of benzene rings is 2. The van der Waals surface area contributed by atoms with Gasteiger partial charge in [0.2, 0.25) is 5.91 Å². The molecule has 0 unspecified atom stereocenters. The van der Waals surface area contributed by atoms with E-state index in [1.54, 1.807) is 19.2 Å². The number of hydrogen-bond donors (Lipinski definition) is 1. The van der Waals surface area contributed by atoms with E-state index in [0.29, 0.717) is 13.1 Å². The van der Waals surface area contributed by atoms with Crippen LogP contribution in [-0.4, -0.2) is 30.8 Å². The van der Waals surface area contributed by atoms with Gasteiger partial charge in [-0.15, -0.1) is 13.2 Å². The van der Waals surface area contributed by atoms with Gasteiger partial charge < -0.3 is 10.1 Å². The van der Waals surface area contributed by atoms with Crippen LogP contribution in [0.1, 0.15) is 11.1 Å². The van der Waals surface area contributed by atoms with Crippen molar-refractivity contribution < 1.29 is 22.7 Å². The number of carbonyl (C=O) groups is 1. The molecule has 0 fully saturated rings. The molecule has 1 amide bonds. The third-order valence-electron chi connectivity index (χ3n) is 3.46. The van der Waals surface area contributed by atoms with Crippen LogP contribution >= 0.6 is 0 Å². The van der Waals surface area contributed by atoms with Crippen molar-refractivity contribution in [1.29, 1.82) is 0 Å². The van der Waals surface area contributed by atoms with Crippen LogP contribution in [0.25, 0.3) is 0 Å². The average molecular weight is 352 g/mol. The number of likely N-dealkylation sites (N-methyl/N-ethyl adjacent to an activating group) is 1. The molecule has 2 rings (SSSR count). The number of ether oxygens (including phenoxy) is 1. The second-order valence-corrected chi connectivity index (χ2v) is 5.50. The van der Waals surface area contributed by atoms with E-state index in [2.05, 4.69) is 10.1 Å². The molecular weight excluding hydrogens is 333 g/mol. The summed E-state index contributed by atoms with van der Waals surface area (Å²) < 4.78 is 40.5. The van der Waals surface area contributed by atoms with Gasteiger partial charge in [0.1, 0.15) is 5.75 Å². The van der Waals surface area contributed by atoms with Crippen LogP contribution in [0.4, 0.5) is 13.2 Å². The van der Waals surface area contributed by atoms with Gasteiger partial charge in [0.05, 0.1) is 6.54 Å². The molecular formula is C18H19F3N2O2. The summed E-state index contributed by atoms with van der Waals surface area (Å²) >= 11 is 0. The Morgan fingerprint density at radius 1 is 1.00 bits per heavy atom. The molecule has 2 aromatic carbocycles. The summed E-state index contributed by atoms with van der Waals surface area (Å²) in [5, 5.41) is 2.58. The number of hydrogen-bond acceptors (Lipinski definition) is 3. The maximum Gasteiger partial charge on any atom is 0.573 e. The van der Waals surface area contributed by atoms with Gasteiger partial charge in [0.25, 0.3) is 0 Å². The van der Waals surface area contributed by atoms with Crippen molar-refractivity contribution in [2.75, 3.05) is 13.6 Å². The van der Waals surface area contributed by atoms with E-state index in [9.17, 15) is 18.0 Å². The van der Waals surface area contributed by atoms with Crippen molar-refractivity contribution in [2.45, 2.75) is 19.5 Å². The highest BCUT2D eigenvalue weighted by atomic mass is 19.4. The minimum absolute atomic E-state index is 0.132. The SMILES string of the molecule is CNC(=O)CN(Cc1ccccc1)Cc1ccc(OC(F)(F)F)cc1. The minimum atomic E-state index is -4.71. The Bertz CT molecular complexity index is 673. The first-order chi connectivity index (χ1) is 11.9. The van der Waals surface area contributed by atoms with Crippen molar-refractivity contribution in [3.63, 3.8) is 0 Å². The number of nitrogens with one attached hydrogen (secondary N) is 1. The summed E-state index contributed by atoms with van der Waals surface area (Å²) in [5.74, 6) is -0.398. The summed E-state index contributed by atoms with van der Waals surface area (Å²) in [4.78, 5) is 13.6. The Morgan fingerprint density at radius 2 is 1.56 bits per heavy atom. The van der Waals surface area contributed by atoms with Gasteiger partial charge in [0.15, 0.2) is 0 Å². The van der Waals surface area contributed by atoms with E-state index in [1.807, 2.05) is 35.2 Å². The number of alkyl halides is 3. The third kappa shape index (κ3) is 6.84. The largest absolute Gasteiger partial charge is 0.573 e. The number of carbonyl (C=O) groups excluding carboxylic acids is 1. The molecule has 7 heteroatoms. The van der Waals surface area contributed by atoms with Crippen LogP contribution in [0, 0.1) is 0 Å². The second-order valence-electron chi connectivity index (χ2n) is 5.50. The molecule has 0 saturated heterocycles. The fourth-order valence-corrected chi connectivity index (χ4v) is 2.35. The van der Waals surface area contributed by atoms with Gasteiger partial charge in [-0.05, 0) is 23.3 Å². The Balaban J connectivity index is 2.06. The normalized spacial score (nSPS) is 11.4. The zero-order valence-electron chi connectivity index (χ0n) is 13.7. The monoisotopic (exact) mass is 352 g/mol. The average Bonchev–Trinajstić information content (AvgIpc) is 2.56. The highest BCUT2D eigenvalue weighted by Crippen LogP contribution is 2.23. The summed E-state index contributed by atoms with van der Waals surface area (Å²) in [6.07, 6.45) is -4.71. The molecule has 0 aliphatic heterocycles. The summed E-state index contributed by atoms with van der Waals surface area (Å²) in [7, 11) is 1.56. The smallest absolute Gasteiger partial charge is 0.406 e. The molecule has 0 heterocycles. The lowest BCUT2D eigenvalue weighted by atomic mass is 10.1. The van der Waals surface area contributed by atoms with Crippen LogP contribution in [0.5, 0.6) is 5.75 Å². The van der Waals surface area contributed by atoms with Crippen LogP contribution in [-0.2, 0) is 17.9 Å². The Morgan fingerprint density at radius 3 is 2.08 bits per heavy atom. The van der Waals surface area contributed by atoms with Crippen LogP contribution in [0.2, 0.25) is 0 Å². The Hall–Kier alpha value is -2.54. The molecule has 0 bridgehead atoms. The van der Waals surface area contributed by atoms with E-state index in [0.717, 1.165) is 11.1 Å². The van der Waals surface area contributed by atoms with E-state index in [4.69, 9.17) is 0 Å². The zero-order valence-corrected chi connectivity index (χ0v) is 13.7. The molecule has 0 aliphatic carbocycles. The first-order valence-corrected chi connectivity index (χ1v) is 7.67. The standard InChI is InChI=1S/C18H19F3N2O2/c1-22-17(24)13-23(11-14-5-3-2-4-6-14)12-15-7-9-16(10-8-15)25-18(19,20)21/h2-10H,11-13H2,1H3,(H,22,24). The maximum absolute atomic E-state index is 12.2. The molecule has 4 nitrogen and oxygen atoms in total. The number of halogens is 3. The Labute approximate surface area is 144 Å². The van der Waals surface area contributed by atoms with E-state index < -0.39 is 6.36 Å². The van der Waals surface area contributed by atoms with Crippen molar-refractivity contribution >= 4 is 5.91 Å². The molecule has 0 radical (unpaired) electrons. The summed E-state index contributed by atoms with van der Waals surface area (Å²) in [5.41, 5.74) is 1.83. The molecule has 0 aromatic heterocycles. The minimum Gasteiger partial charge on any atom is -0.406 e. The van der Waals surface area contributed by atoms with E-state index in [1.165, 1.54) is 12.1 Å². The highest BCUT2D eigenvalue weighted by molar-refractivity contribution is 5.77. The summed E-state index contributed by atoms with van der Waals surface area (Å²) in [6, 6.07) is 15.3. The molecule has 0 spiro atoms. The first kappa shape index (κ1) is 18.8. The van der Waals surface area contributed by atoms with Gasteiger partial charge in [0, 0.05) is 20.1 Å². The fourth-order valence-electron chi connectivity index (χ4n) is 2.35. The first-order valence-electron chi connectivity index (χ1n) is 7.67. The fraction of sp³-hybridized carbons (Fsp3) is 0.278. The van der Waals surface area contributed by atoms with Crippen LogP contribution in [0.15, 0.2) is 54.6 Å². The van der Waals surface area contributed by atoms with Gasteiger partial charge in [-0.3, -0.25) is 9.69 Å². The molecule has 0 atom stereocenters. The van der Waals surface area contributed by atoms with E-state index in [-0.39, 0.29) is 18.2 Å². The van der Waals surface area contributed by atoms with Gasteiger partial charge in [-0.1, -0.05) is 42.5 Å².